The van der Waals surface area contributed by atoms with Crippen molar-refractivity contribution in [2.45, 2.75) is 37.1 Å². The second-order valence-electron chi connectivity index (χ2n) is 5.38. The van der Waals surface area contributed by atoms with Crippen molar-refractivity contribution in [3.8, 4) is 12.3 Å². The van der Waals surface area contributed by atoms with Gasteiger partial charge in [0.2, 0.25) is 0 Å². The molecule has 0 radical (unpaired) electrons. The number of nitrogens with two attached hydrogens (primary N) is 1. The molecule has 1 fully saturated rings. The number of imidazole rings is 1. The van der Waals surface area contributed by atoms with Gasteiger partial charge in [-0.25, -0.2) is 9.97 Å². The molecule has 1 aliphatic heterocycles. The van der Waals surface area contributed by atoms with E-state index >= 15 is 0 Å². The van der Waals surface area contributed by atoms with E-state index in [0.717, 1.165) is 0 Å². The molecule has 0 amide bonds. The lowest BCUT2D eigenvalue weighted by Crippen LogP contribution is -2.47. The van der Waals surface area contributed by atoms with E-state index in [-0.39, 0.29) is 10.6 Å². The summed E-state index contributed by atoms with van der Waals surface area (Å²) in [6.45, 7) is 1.43. The normalized spacial score (nSPS) is 32.0. The van der Waals surface area contributed by atoms with E-state index in [1.807, 2.05) is 0 Å². The average molecular weight is 337 g/mol. The molecule has 0 aliphatic carbocycles. The van der Waals surface area contributed by atoms with Crippen molar-refractivity contribution in [1.29, 1.82) is 0 Å². The van der Waals surface area contributed by atoms with Gasteiger partial charge in [0.25, 0.3) is 0 Å². The van der Waals surface area contributed by atoms with E-state index in [0.29, 0.717) is 11.2 Å². The van der Waals surface area contributed by atoms with Gasteiger partial charge in [0, 0.05) is 0 Å². The molecule has 10 heteroatoms. The molecule has 2 aromatic heterocycles. The third kappa shape index (κ3) is 2.21. The van der Waals surface area contributed by atoms with Gasteiger partial charge in [-0.3, -0.25) is 4.57 Å². The van der Waals surface area contributed by atoms with Crippen LogP contribution < -0.4 is 5.73 Å². The molecule has 0 aromatic carbocycles. The first-order valence-corrected chi connectivity index (χ1v) is 7.14. The summed E-state index contributed by atoms with van der Waals surface area (Å²) < 4.78 is 7.13. The van der Waals surface area contributed by atoms with Crippen LogP contribution in [0.4, 0.5) is 5.95 Å². The summed E-state index contributed by atoms with van der Waals surface area (Å²) in [5.74, 6) is 2.20. The number of ether oxygens (including phenoxy) is 1. The molecule has 1 saturated heterocycles. The van der Waals surface area contributed by atoms with Crippen molar-refractivity contribution >= 4 is 29.3 Å². The van der Waals surface area contributed by atoms with Gasteiger partial charge < -0.3 is 30.8 Å². The Hall–Kier alpha value is -2.03. The number of anilines is 1. The molecular weight excluding hydrogens is 322 g/mol. The number of aliphatic hydroxyl groups excluding tert-OH is 2. The van der Waals surface area contributed by atoms with Crippen LogP contribution in [-0.2, 0) is 4.74 Å². The number of hydrogen-bond donors (Lipinski definition) is 5. The molecule has 0 saturated carbocycles. The summed E-state index contributed by atoms with van der Waals surface area (Å²) in [6.07, 6.45) is 1.93. The van der Waals surface area contributed by atoms with Gasteiger partial charge in [-0.05, 0) is 6.92 Å². The largest absolute Gasteiger partial charge is 0.391 e. The Bertz CT molecular complexity index is 856. The van der Waals surface area contributed by atoms with Crippen molar-refractivity contribution in [3.63, 3.8) is 0 Å². The first-order valence-electron chi connectivity index (χ1n) is 6.73. The van der Waals surface area contributed by atoms with Crippen molar-refractivity contribution in [2.75, 3.05) is 5.73 Å². The summed E-state index contributed by atoms with van der Waals surface area (Å²) in [5.41, 5.74) is 4.25. The third-order valence-electron chi connectivity index (χ3n) is 3.85. The van der Waals surface area contributed by atoms with Crippen molar-refractivity contribution in [3.05, 3.63) is 11.0 Å². The smallest absolute Gasteiger partial charge is 0.200 e. The van der Waals surface area contributed by atoms with E-state index in [9.17, 15) is 15.3 Å². The van der Waals surface area contributed by atoms with E-state index in [1.165, 1.54) is 17.8 Å². The summed E-state index contributed by atoms with van der Waals surface area (Å²) in [4.78, 5) is 10.8. The van der Waals surface area contributed by atoms with Gasteiger partial charge in [0.05, 0.1) is 12.4 Å². The summed E-state index contributed by atoms with van der Waals surface area (Å²) in [7, 11) is 0. The highest BCUT2D eigenvalue weighted by atomic mass is 32.1. The number of aromatic nitrogens is 4. The van der Waals surface area contributed by atoms with Gasteiger partial charge in [0.15, 0.2) is 22.4 Å². The molecule has 0 bridgehead atoms. The Balaban J connectivity index is 2.18. The molecule has 2 aromatic rings. The minimum absolute atomic E-state index is 0.0547. The molecule has 1 aliphatic rings. The van der Waals surface area contributed by atoms with E-state index in [2.05, 4.69) is 20.9 Å². The zero-order valence-electron chi connectivity index (χ0n) is 12.0. The predicted octanol–water partition coefficient (Wildman–Crippen LogP) is -0.926. The van der Waals surface area contributed by atoms with Crippen LogP contribution in [0.15, 0.2) is 6.33 Å². The maximum Gasteiger partial charge on any atom is 0.200 e. The summed E-state index contributed by atoms with van der Waals surface area (Å²) >= 11 is 5.08. The number of fused-ring (bicyclic) bond motifs is 1. The van der Waals surface area contributed by atoms with Crippen LogP contribution in [0.5, 0.6) is 0 Å². The average Bonchev–Trinajstić information content (AvgIpc) is 3.00. The zero-order valence-corrected chi connectivity index (χ0v) is 12.9. The van der Waals surface area contributed by atoms with Crippen molar-refractivity contribution in [1.82, 2.24) is 19.5 Å². The zero-order chi connectivity index (χ0) is 16.9. The number of aliphatic hydroxyl groups is 3. The van der Waals surface area contributed by atoms with Gasteiger partial charge in [-0.15, -0.1) is 6.42 Å². The molecule has 122 valence electrons. The number of nitrogens with one attached hydrogen (secondary N) is 1. The lowest BCUT2D eigenvalue weighted by molar-refractivity contribution is -0.0846. The summed E-state index contributed by atoms with van der Waals surface area (Å²) in [6, 6.07) is 0. The number of nitrogens with zero attached hydrogens (tertiary/aromatic N) is 3. The fourth-order valence-electron chi connectivity index (χ4n) is 2.67. The lowest BCUT2D eigenvalue weighted by atomic mass is 9.93. The molecular formula is C13H15N5O4S. The predicted molar refractivity (Wildman–Crippen MR) is 82.5 cm³/mol. The molecule has 23 heavy (non-hydrogen) atoms. The fraction of sp³-hybridized carbons (Fsp3) is 0.462. The van der Waals surface area contributed by atoms with Crippen LogP contribution in [0.3, 0.4) is 0 Å². The highest BCUT2D eigenvalue weighted by molar-refractivity contribution is 7.71. The first-order chi connectivity index (χ1) is 10.8. The van der Waals surface area contributed by atoms with Gasteiger partial charge >= 0.3 is 0 Å². The van der Waals surface area contributed by atoms with Crippen LogP contribution in [0.25, 0.3) is 11.2 Å². The van der Waals surface area contributed by atoms with Crippen LogP contribution in [0.2, 0.25) is 0 Å². The first kappa shape index (κ1) is 15.9. The lowest BCUT2D eigenvalue weighted by Gasteiger charge is -2.26. The van der Waals surface area contributed by atoms with Gasteiger partial charge in [0.1, 0.15) is 23.4 Å². The standard InChI is InChI=1S/C13H15N5O4S/c1-3-13(21)8(20)7(5(2)19)22-11(13)18-4-15-6-9(18)16-12(14)17-10(6)23/h1,4-5,7-8,11,19-21H,2H3,(H3,14,16,17,23)/t5-,7-,8?,11-,13?/m1/s1. The molecule has 3 rings (SSSR count). The van der Waals surface area contributed by atoms with Crippen LogP contribution in [0, 0.1) is 17.0 Å². The van der Waals surface area contributed by atoms with Crippen LogP contribution in [-0.4, -0.2) is 58.8 Å². The second kappa shape index (κ2) is 5.26. The Kier molecular flexibility index (Phi) is 3.62. The molecule has 3 heterocycles. The molecule has 9 nitrogen and oxygen atoms in total. The van der Waals surface area contributed by atoms with Crippen molar-refractivity contribution in [2.24, 2.45) is 0 Å². The topological polar surface area (TPSA) is 142 Å². The van der Waals surface area contributed by atoms with Crippen LogP contribution in [0.1, 0.15) is 13.2 Å². The summed E-state index contributed by atoms with van der Waals surface area (Å²) in [5, 5.41) is 30.6. The molecule has 2 unspecified atom stereocenters. The van der Waals surface area contributed by atoms with Gasteiger partial charge in [-0.1, -0.05) is 18.1 Å². The van der Waals surface area contributed by atoms with Gasteiger partial charge in [-0.2, -0.15) is 0 Å². The van der Waals surface area contributed by atoms with E-state index in [1.54, 1.807) is 0 Å². The monoisotopic (exact) mass is 337 g/mol. The third-order valence-corrected chi connectivity index (χ3v) is 4.13. The van der Waals surface area contributed by atoms with E-state index < -0.39 is 30.1 Å². The number of terminal acetylenes is 1. The quantitative estimate of drug-likeness (QED) is 0.350. The molecule has 0 spiro atoms. The molecule has 6 N–H and O–H groups in total. The Morgan fingerprint density at radius 3 is 2.96 bits per heavy atom. The number of hydrogen-bond acceptors (Lipinski definition) is 8. The highest BCUT2D eigenvalue weighted by Gasteiger charge is 2.57. The number of rotatable bonds is 2. The number of aromatic amines is 1. The Morgan fingerprint density at radius 2 is 2.35 bits per heavy atom. The minimum atomic E-state index is -2.07. The van der Waals surface area contributed by atoms with Crippen LogP contribution >= 0.6 is 12.2 Å². The minimum Gasteiger partial charge on any atom is -0.391 e. The fourth-order valence-corrected chi connectivity index (χ4v) is 2.91. The second-order valence-corrected chi connectivity index (χ2v) is 5.77. The maximum atomic E-state index is 10.7. The Labute approximate surface area is 135 Å². The molecule has 5 atom stereocenters. The highest BCUT2D eigenvalue weighted by Crippen LogP contribution is 2.40. The van der Waals surface area contributed by atoms with E-state index in [4.69, 9.17) is 29.1 Å². The number of H-pyrrole nitrogens is 1. The number of nitrogen functional groups attached to an aromatic ring is 1. The maximum absolute atomic E-state index is 10.7. The Morgan fingerprint density at radius 1 is 1.65 bits per heavy atom. The SMILES string of the molecule is C#CC1(O)C(O)[C@@H]([C@@H](C)O)O[C@H]1n1cnc2c(=S)nc(N)[nH]c21. The van der Waals surface area contributed by atoms with Crippen molar-refractivity contribution < 1.29 is 20.1 Å².